The molecule has 0 saturated heterocycles. The zero-order valence-electron chi connectivity index (χ0n) is 9.43. The van der Waals surface area contributed by atoms with Crippen LogP contribution in [0, 0.1) is 11.8 Å². The molecule has 1 N–H and O–H groups in total. The lowest BCUT2D eigenvalue weighted by Crippen LogP contribution is -2.07. The van der Waals surface area contributed by atoms with Gasteiger partial charge in [0.1, 0.15) is 0 Å². The molecule has 0 rings (SSSR count). The molecule has 0 heterocycles. The zero-order chi connectivity index (χ0) is 9.98. The van der Waals surface area contributed by atoms with Crippen LogP contribution in [0.5, 0.6) is 0 Å². The third-order valence-electron chi connectivity index (χ3n) is 2.20. The van der Waals surface area contributed by atoms with Crippen molar-refractivity contribution < 1.29 is 5.11 Å². The molecule has 1 atom stereocenters. The lowest BCUT2D eigenvalue weighted by atomic mass is 9.89. The smallest absolute Gasteiger partial charge is 0.0431 e. The van der Waals surface area contributed by atoms with Gasteiger partial charge in [-0.3, -0.25) is 0 Å². The SMILES string of the molecule is CC.CCC(CCCO)C(C)C. The minimum atomic E-state index is 0.350. The van der Waals surface area contributed by atoms with E-state index < -0.39 is 0 Å². The van der Waals surface area contributed by atoms with Crippen LogP contribution in [0.4, 0.5) is 0 Å². The molecule has 0 spiro atoms. The molecular weight excluding hydrogens is 148 g/mol. The first-order chi connectivity index (χ1) is 5.72. The summed E-state index contributed by atoms with van der Waals surface area (Å²) in [4.78, 5) is 0. The average molecular weight is 174 g/mol. The standard InChI is InChI=1S/C9H20O.C2H6/c1-4-9(8(2)3)6-5-7-10;1-2/h8-10H,4-7H2,1-3H3;1-2H3. The van der Waals surface area contributed by atoms with Gasteiger partial charge >= 0.3 is 0 Å². The number of aliphatic hydroxyl groups is 1. The van der Waals surface area contributed by atoms with Crippen molar-refractivity contribution in [2.75, 3.05) is 6.61 Å². The predicted molar refractivity (Wildman–Crippen MR) is 56.3 cm³/mol. The molecule has 76 valence electrons. The van der Waals surface area contributed by atoms with Gasteiger partial charge in [0, 0.05) is 6.61 Å². The molecule has 0 aromatic rings. The summed E-state index contributed by atoms with van der Waals surface area (Å²) in [5.74, 6) is 1.59. The number of hydrogen-bond donors (Lipinski definition) is 1. The molecule has 0 aliphatic heterocycles. The van der Waals surface area contributed by atoms with Gasteiger partial charge in [-0.25, -0.2) is 0 Å². The molecule has 1 heteroatoms. The predicted octanol–water partition coefficient (Wildman–Crippen LogP) is 3.47. The van der Waals surface area contributed by atoms with Gasteiger partial charge in [0.15, 0.2) is 0 Å². The second kappa shape index (κ2) is 11.0. The van der Waals surface area contributed by atoms with E-state index in [1.54, 1.807) is 0 Å². The van der Waals surface area contributed by atoms with E-state index in [0.29, 0.717) is 6.61 Å². The molecule has 0 aromatic carbocycles. The van der Waals surface area contributed by atoms with Gasteiger partial charge in [-0.05, 0) is 24.7 Å². The molecule has 1 unspecified atom stereocenters. The average Bonchev–Trinajstić information content (AvgIpc) is 2.09. The molecule has 0 aliphatic rings. The van der Waals surface area contributed by atoms with Gasteiger partial charge in [0.05, 0.1) is 0 Å². The van der Waals surface area contributed by atoms with Crippen molar-refractivity contribution in [2.45, 2.75) is 53.9 Å². The fraction of sp³-hybridized carbons (Fsp3) is 1.00. The summed E-state index contributed by atoms with van der Waals surface area (Å²) >= 11 is 0. The topological polar surface area (TPSA) is 20.2 Å². The van der Waals surface area contributed by atoms with E-state index in [2.05, 4.69) is 20.8 Å². The van der Waals surface area contributed by atoms with E-state index >= 15 is 0 Å². The van der Waals surface area contributed by atoms with Crippen molar-refractivity contribution >= 4 is 0 Å². The highest BCUT2D eigenvalue weighted by molar-refractivity contribution is 4.60. The highest BCUT2D eigenvalue weighted by Crippen LogP contribution is 2.19. The largest absolute Gasteiger partial charge is 0.396 e. The van der Waals surface area contributed by atoms with Crippen molar-refractivity contribution in [3.05, 3.63) is 0 Å². The fourth-order valence-electron chi connectivity index (χ4n) is 1.36. The third kappa shape index (κ3) is 8.06. The Labute approximate surface area is 78.2 Å². The van der Waals surface area contributed by atoms with Crippen molar-refractivity contribution in [3.63, 3.8) is 0 Å². The van der Waals surface area contributed by atoms with Gasteiger partial charge in [-0.2, -0.15) is 0 Å². The maximum absolute atomic E-state index is 8.59. The second-order valence-electron chi connectivity index (χ2n) is 3.28. The van der Waals surface area contributed by atoms with Crippen LogP contribution in [0.3, 0.4) is 0 Å². The first kappa shape index (κ1) is 14.5. The highest BCUT2D eigenvalue weighted by Gasteiger charge is 2.09. The second-order valence-corrected chi connectivity index (χ2v) is 3.28. The number of rotatable bonds is 5. The summed E-state index contributed by atoms with van der Waals surface area (Å²) in [6.07, 6.45) is 3.40. The number of hydrogen-bond acceptors (Lipinski definition) is 1. The molecule has 0 amide bonds. The van der Waals surface area contributed by atoms with Crippen molar-refractivity contribution in [3.8, 4) is 0 Å². The van der Waals surface area contributed by atoms with Crippen LogP contribution in [0.15, 0.2) is 0 Å². The summed E-state index contributed by atoms with van der Waals surface area (Å²) in [6.45, 7) is 11.1. The Morgan fingerprint density at radius 2 is 1.67 bits per heavy atom. The van der Waals surface area contributed by atoms with E-state index in [-0.39, 0.29) is 0 Å². The molecule has 0 aliphatic carbocycles. The summed E-state index contributed by atoms with van der Waals surface area (Å²) in [5, 5.41) is 8.59. The summed E-state index contributed by atoms with van der Waals surface area (Å²) < 4.78 is 0. The molecule has 0 fully saturated rings. The minimum absolute atomic E-state index is 0.350. The molecule has 0 aromatic heterocycles. The van der Waals surface area contributed by atoms with Crippen LogP contribution in [-0.2, 0) is 0 Å². The summed E-state index contributed by atoms with van der Waals surface area (Å²) in [7, 11) is 0. The quantitative estimate of drug-likeness (QED) is 0.676. The van der Waals surface area contributed by atoms with Crippen molar-refractivity contribution in [2.24, 2.45) is 11.8 Å². The normalized spacial score (nSPS) is 12.2. The van der Waals surface area contributed by atoms with Gasteiger partial charge < -0.3 is 5.11 Å². The van der Waals surface area contributed by atoms with E-state index in [9.17, 15) is 0 Å². The maximum atomic E-state index is 8.59. The first-order valence-corrected chi connectivity index (χ1v) is 5.33. The van der Waals surface area contributed by atoms with Crippen LogP contribution in [-0.4, -0.2) is 11.7 Å². The maximum Gasteiger partial charge on any atom is 0.0431 e. The van der Waals surface area contributed by atoms with Crippen LogP contribution < -0.4 is 0 Å². The Morgan fingerprint density at radius 1 is 1.17 bits per heavy atom. The zero-order valence-corrected chi connectivity index (χ0v) is 9.43. The first-order valence-electron chi connectivity index (χ1n) is 5.33. The van der Waals surface area contributed by atoms with Crippen LogP contribution in [0.25, 0.3) is 0 Å². The Morgan fingerprint density at radius 3 is 1.92 bits per heavy atom. The van der Waals surface area contributed by atoms with Crippen LogP contribution in [0.2, 0.25) is 0 Å². The molecule has 0 bridgehead atoms. The molecule has 0 saturated carbocycles. The van der Waals surface area contributed by atoms with Crippen LogP contribution in [0.1, 0.15) is 53.9 Å². The molecular formula is C11H26O. The molecule has 0 radical (unpaired) electrons. The third-order valence-corrected chi connectivity index (χ3v) is 2.20. The fourth-order valence-corrected chi connectivity index (χ4v) is 1.36. The summed E-state index contributed by atoms with van der Waals surface area (Å²) in [5.41, 5.74) is 0. The molecule has 12 heavy (non-hydrogen) atoms. The van der Waals surface area contributed by atoms with Crippen LogP contribution >= 0.6 is 0 Å². The van der Waals surface area contributed by atoms with Gasteiger partial charge in [-0.15, -0.1) is 0 Å². The van der Waals surface area contributed by atoms with E-state index in [1.165, 1.54) is 12.8 Å². The summed E-state index contributed by atoms with van der Waals surface area (Å²) in [6, 6.07) is 0. The van der Waals surface area contributed by atoms with E-state index in [0.717, 1.165) is 18.3 Å². The van der Waals surface area contributed by atoms with Gasteiger partial charge in [0.25, 0.3) is 0 Å². The van der Waals surface area contributed by atoms with Gasteiger partial charge in [0.2, 0.25) is 0 Å². The lowest BCUT2D eigenvalue weighted by molar-refractivity contribution is 0.252. The van der Waals surface area contributed by atoms with Crippen molar-refractivity contribution in [1.29, 1.82) is 0 Å². The van der Waals surface area contributed by atoms with Gasteiger partial charge in [-0.1, -0.05) is 41.0 Å². The van der Waals surface area contributed by atoms with E-state index in [1.807, 2.05) is 13.8 Å². The Hall–Kier alpha value is -0.0400. The lowest BCUT2D eigenvalue weighted by Gasteiger charge is -2.17. The minimum Gasteiger partial charge on any atom is -0.396 e. The Kier molecular flexibility index (Phi) is 13.2. The Bertz CT molecular complexity index is 69.4. The van der Waals surface area contributed by atoms with E-state index in [4.69, 9.17) is 5.11 Å². The number of aliphatic hydroxyl groups excluding tert-OH is 1. The monoisotopic (exact) mass is 174 g/mol. The van der Waals surface area contributed by atoms with Crippen molar-refractivity contribution in [1.82, 2.24) is 0 Å². The highest BCUT2D eigenvalue weighted by atomic mass is 16.2. The molecule has 1 nitrogen and oxygen atoms in total. The Balaban J connectivity index is 0.